The van der Waals surface area contributed by atoms with Crippen molar-refractivity contribution in [1.29, 1.82) is 0 Å². The summed E-state index contributed by atoms with van der Waals surface area (Å²) in [5, 5.41) is 2.44. The van der Waals surface area contributed by atoms with Crippen LogP contribution in [0.1, 0.15) is 18.4 Å². The summed E-state index contributed by atoms with van der Waals surface area (Å²) in [7, 11) is 0. The smallest absolute Gasteiger partial charge is 0.330 e. The third kappa shape index (κ3) is 2.14. The zero-order valence-electron chi connectivity index (χ0n) is 13.2. The topological polar surface area (TPSA) is 93.7 Å². The molecule has 1 aliphatic carbocycles. The van der Waals surface area contributed by atoms with Gasteiger partial charge in [0.2, 0.25) is 5.88 Å². The molecule has 0 unspecified atom stereocenters. The Morgan fingerprint density at radius 1 is 1.20 bits per heavy atom. The highest BCUT2D eigenvalue weighted by molar-refractivity contribution is 6.19. The number of nitrogens with one attached hydrogen (secondary N) is 1. The van der Waals surface area contributed by atoms with E-state index in [4.69, 9.17) is 9.47 Å². The molecule has 1 N–H and O–H groups in total. The second-order valence-electron chi connectivity index (χ2n) is 6.40. The first-order valence-electron chi connectivity index (χ1n) is 8.03. The van der Waals surface area contributed by atoms with Gasteiger partial charge in [0.05, 0.1) is 25.5 Å². The highest BCUT2D eigenvalue weighted by Crippen LogP contribution is 2.58. The van der Waals surface area contributed by atoms with Crippen molar-refractivity contribution in [3.05, 3.63) is 36.2 Å². The number of hydrogen-bond donors (Lipinski definition) is 1. The summed E-state index contributed by atoms with van der Waals surface area (Å²) in [6.45, 7) is 0.663. The molecule has 2 aromatic rings. The van der Waals surface area contributed by atoms with Crippen LogP contribution in [0.4, 0.5) is 10.6 Å². The number of carbonyl (C=O) groups is 2. The monoisotopic (exact) mass is 338 g/mol. The van der Waals surface area contributed by atoms with Gasteiger partial charge in [-0.2, -0.15) is 0 Å². The van der Waals surface area contributed by atoms with Crippen molar-refractivity contribution < 1.29 is 19.1 Å². The van der Waals surface area contributed by atoms with Crippen LogP contribution in [0.3, 0.4) is 0 Å². The lowest BCUT2D eigenvalue weighted by atomic mass is 9.97. The van der Waals surface area contributed by atoms with E-state index in [0.717, 1.165) is 29.1 Å². The van der Waals surface area contributed by atoms with Gasteiger partial charge in [-0.15, -0.1) is 0 Å². The molecule has 1 saturated heterocycles. The lowest BCUT2D eigenvalue weighted by Gasteiger charge is -2.13. The van der Waals surface area contributed by atoms with E-state index in [1.807, 2.05) is 18.2 Å². The Morgan fingerprint density at radius 2 is 2.08 bits per heavy atom. The van der Waals surface area contributed by atoms with Crippen molar-refractivity contribution in [3.63, 3.8) is 0 Å². The fourth-order valence-electron chi connectivity index (χ4n) is 3.32. The van der Waals surface area contributed by atoms with E-state index < -0.39 is 6.03 Å². The third-order valence-electron chi connectivity index (χ3n) is 4.78. The number of imide groups is 1. The van der Waals surface area contributed by atoms with Crippen LogP contribution >= 0.6 is 0 Å². The number of nitrogens with zero attached hydrogens (tertiary/aromatic N) is 3. The Balaban J connectivity index is 1.42. The van der Waals surface area contributed by atoms with Crippen LogP contribution in [0, 0.1) is 0 Å². The lowest BCUT2D eigenvalue weighted by molar-refractivity contribution is -0.115. The quantitative estimate of drug-likeness (QED) is 0.857. The van der Waals surface area contributed by atoms with E-state index in [0.29, 0.717) is 18.2 Å². The fourth-order valence-corrected chi connectivity index (χ4v) is 3.32. The molecule has 0 radical (unpaired) electrons. The predicted octanol–water partition coefficient (Wildman–Crippen LogP) is 1.75. The largest absolute Gasteiger partial charge is 0.492 e. The van der Waals surface area contributed by atoms with Gasteiger partial charge in [0.25, 0.3) is 5.91 Å². The van der Waals surface area contributed by atoms with Gasteiger partial charge in [0, 0.05) is 11.0 Å². The molecule has 1 spiro atoms. The maximum absolute atomic E-state index is 11.7. The summed E-state index contributed by atoms with van der Waals surface area (Å²) in [5.41, 5.74) is 1.18. The molecular formula is C17H14N4O4. The Morgan fingerprint density at radius 3 is 2.76 bits per heavy atom. The SMILES string of the molecule is O=C1CNC(=O)N1c1cnc(Oc2cccc3c2C2(CC2)CO3)cn1. The van der Waals surface area contributed by atoms with Crippen LogP contribution in [0.5, 0.6) is 17.4 Å². The summed E-state index contributed by atoms with van der Waals surface area (Å²) in [6.07, 6.45) is 4.95. The summed E-state index contributed by atoms with van der Waals surface area (Å²) < 4.78 is 11.7. The number of hydrogen-bond acceptors (Lipinski definition) is 6. The van der Waals surface area contributed by atoms with Gasteiger partial charge in [-0.05, 0) is 25.0 Å². The summed E-state index contributed by atoms with van der Waals surface area (Å²) in [4.78, 5) is 32.6. The highest BCUT2D eigenvalue weighted by Gasteiger charge is 2.52. The van der Waals surface area contributed by atoms with Gasteiger partial charge in [-0.3, -0.25) is 4.79 Å². The van der Waals surface area contributed by atoms with Crippen molar-refractivity contribution in [1.82, 2.24) is 15.3 Å². The summed E-state index contributed by atoms with van der Waals surface area (Å²) in [6, 6.07) is 5.22. The Hall–Kier alpha value is -3.16. The van der Waals surface area contributed by atoms with Crippen LogP contribution in [0.2, 0.25) is 0 Å². The first-order chi connectivity index (χ1) is 12.2. The van der Waals surface area contributed by atoms with E-state index in [1.54, 1.807) is 0 Å². The van der Waals surface area contributed by atoms with Crippen molar-refractivity contribution >= 4 is 17.8 Å². The molecule has 3 aliphatic rings. The van der Waals surface area contributed by atoms with E-state index in [1.165, 1.54) is 12.4 Å². The van der Waals surface area contributed by atoms with Gasteiger partial charge in [-0.25, -0.2) is 19.7 Å². The van der Waals surface area contributed by atoms with E-state index in [-0.39, 0.29) is 23.7 Å². The zero-order valence-corrected chi connectivity index (χ0v) is 13.2. The molecule has 8 heteroatoms. The molecule has 1 saturated carbocycles. The molecule has 2 fully saturated rings. The molecule has 0 bridgehead atoms. The second kappa shape index (κ2) is 4.92. The van der Waals surface area contributed by atoms with Crippen LogP contribution in [-0.4, -0.2) is 35.1 Å². The van der Waals surface area contributed by atoms with Gasteiger partial charge >= 0.3 is 6.03 Å². The number of anilines is 1. The average Bonchev–Trinajstić information content (AvgIpc) is 3.19. The first-order valence-corrected chi connectivity index (χ1v) is 8.03. The van der Waals surface area contributed by atoms with Crippen LogP contribution in [0.25, 0.3) is 0 Å². The third-order valence-corrected chi connectivity index (χ3v) is 4.78. The van der Waals surface area contributed by atoms with Gasteiger partial charge in [0.15, 0.2) is 5.82 Å². The first kappa shape index (κ1) is 14.2. The standard InChI is InChI=1S/C17H14N4O4/c22-14-8-20-16(23)21(14)12-6-19-13(7-18-12)25-11-3-1-2-10-15(11)17(4-5-17)9-24-10/h1-3,6-7H,4-5,8-9H2,(H,20,23). The molecule has 1 aromatic carbocycles. The minimum absolute atomic E-state index is 0.0308. The minimum atomic E-state index is -0.498. The maximum atomic E-state index is 11.7. The fraction of sp³-hybridized carbons (Fsp3) is 0.294. The van der Waals surface area contributed by atoms with Gasteiger partial charge in [-0.1, -0.05) is 6.07 Å². The number of fused-ring (bicyclic) bond motifs is 2. The van der Waals surface area contributed by atoms with Crippen molar-refractivity contribution in [2.45, 2.75) is 18.3 Å². The number of ether oxygens (including phenoxy) is 2. The molecule has 3 heterocycles. The van der Waals surface area contributed by atoms with Crippen molar-refractivity contribution in [2.24, 2.45) is 0 Å². The molecule has 5 rings (SSSR count). The molecule has 0 atom stereocenters. The van der Waals surface area contributed by atoms with Gasteiger partial charge in [0.1, 0.15) is 11.5 Å². The number of benzene rings is 1. The Kier molecular flexibility index (Phi) is 2.79. The molecule has 8 nitrogen and oxygen atoms in total. The van der Waals surface area contributed by atoms with Crippen LogP contribution in [0.15, 0.2) is 30.6 Å². The van der Waals surface area contributed by atoms with Crippen molar-refractivity contribution in [2.75, 3.05) is 18.1 Å². The Bertz CT molecular complexity index is 876. The zero-order chi connectivity index (χ0) is 17.0. The second-order valence-corrected chi connectivity index (χ2v) is 6.40. The summed E-state index contributed by atoms with van der Waals surface area (Å²) >= 11 is 0. The number of rotatable bonds is 3. The van der Waals surface area contributed by atoms with Crippen LogP contribution in [-0.2, 0) is 10.2 Å². The number of carbonyl (C=O) groups excluding carboxylic acids is 2. The molecule has 3 amide bonds. The summed E-state index contributed by atoms with van der Waals surface area (Å²) in [5.74, 6) is 1.68. The minimum Gasteiger partial charge on any atom is -0.492 e. The average molecular weight is 338 g/mol. The van der Waals surface area contributed by atoms with E-state index >= 15 is 0 Å². The number of urea groups is 1. The lowest BCUT2D eigenvalue weighted by Crippen LogP contribution is -2.31. The van der Waals surface area contributed by atoms with Crippen molar-refractivity contribution in [3.8, 4) is 17.4 Å². The molecule has 2 aliphatic heterocycles. The number of aromatic nitrogens is 2. The van der Waals surface area contributed by atoms with Gasteiger partial charge < -0.3 is 14.8 Å². The predicted molar refractivity (Wildman–Crippen MR) is 85.8 cm³/mol. The molecule has 25 heavy (non-hydrogen) atoms. The highest BCUT2D eigenvalue weighted by atomic mass is 16.5. The maximum Gasteiger partial charge on any atom is 0.330 e. The molecular weight excluding hydrogens is 324 g/mol. The normalized spacial score (nSPS) is 19.6. The van der Waals surface area contributed by atoms with E-state index in [2.05, 4.69) is 15.3 Å². The Labute approximate surface area is 142 Å². The van der Waals surface area contributed by atoms with Crippen LogP contribution < -0.4 is 19.7 Å². The molecule has 126 valence electrons. The van der Waals surface area contributed by atoms with E-state index in [9.17, 15) is 9.59 Å². The molecule has 1 aromatic heterocycles. The number of amides is 3.